The first-order valence-corrected chi connectivity index (χ1v) is 4.06. The number of thiocarbonyl (C=S) groups is 1. The molecular weight excluding hydrogens is 144 g/mol. The van der Waals surface area contributed by atoms with Gasteiger partial charge in [-0.25, -0.2) is 0 Å². The third-order valence-electron chi connectivity index (χ3n) is 1.69. The summed E-state index contributed by atoms with van der Waals surface area (Å²) in [4.78, 5) is 2.79. The van der Waals surface area contributed by atoms with Crippen LogP contribution in [0.25, 0.3) is 0 Å². The third kappa shape index (κ3) is 3.13. The lowest BCUT2D eigenvalue weighted by Crippen LogP contribution is -2.30. The van der Waals surface area contributed by atoms with Gasteiger partial charge in [-0.05, 0) is 25.8 Å². The fourth-order valence-electron chi connectivity index (χ4n) is 1.07. The Morgan fingerprint density at radius 2 is 2.30 bits per heavy atom. The Balaban J connectivity index is 2.07. The van der Waals surface area contributed by atoms with Crippen LogP contribution in [0.4, 0.5) is 0 Å². The Morgan fingerprint density at radius 1 is 1.70 bits per heavy atom. The molecule has 1 rings (SSSR count). The van der Waals surface area contributed by atoms with Gasteiger partial charge in [0.05, 0.1) is 4.99 Å². The van der Waals surface area contributed by atoms with Gasteiger partial charge in [0.2, 0.25) is 0 Å². The van der Waals surface area contributed by atoms with Crippen molar-refractivity contribution in [3.63, 3.8) is 0 Å². The molecule has 0 unspecified atom stereocenters. The molecule has 1 fully saturated rings. The van der Waals surface area contributed by atoms with Crippen LogP contribution in [-0.2, 0) is 0 Å². The number of nitrogens with two attached hydrogens (primary N) is 1. The van der Waals surface area contributed by atoms with Crippen molar-refractivity contribution in [3.8, 4) is 0 Å². The van der Waals surface area contributed by atoms with Gasteiger partial charge in [0.1, 0.15) is 0 Å². The van der Waals surface area contributed by atoms with Gasteiger partial charge in [0.25, 0.3) is 0 Å². The van der Waals surface area contributed by atoms with Crippen LogP contribution in [0.5, 0.6) is 0 Å². The quantitative estimate of drug-likeness (QED) is 0.608. The SMILES string of the molecule is CN(CC(N)=S)CC1CC1. The van der Waals surface area contributed by atoms with E-state index in [1.54, 1.807) is 0 Å². The van der Waals surface area contributed by atoms with Crippen LogP contribution in [0.2, 0.25) is 0 Å². The fraction of sp³-hybridized carbons (Fsp3) is 0.857. The summed E-state index contributed by atoms with van der Waals surface area (Å²) in [5.41, 5.74) is 5.38. The monoisotopic (exact) mass is 158 g/mol. The molecule has 0 aromatic rings. The van der Waals surface area contributed by atoms with E-state index in [0.717, 1.165) is 19.0 Å². The summed E-state index contributed by atoms with van der Waals surface area (Å²) >= 11 is 4.78. The molecule has 0 bridgehead atoms. The summed E-state index contributed by atoms with van der Waals surface area (Å²) in [5, 5.41) is 0. The van der Waals surface area contributed by atoms with Crippen molar-refractivity contribution >= 4 is 17.2 Å². The topological polar surface area (TPSA) is 29.3 Å². The molecular formula is C7H14N2S. The van der Waals surface area contributed by atoms with Crippen LogP contribution in [0, 0.1) is 5.92 Å². The summed E-state index contributed by atoms with van der Waals surface area (Å²) in [6, 6.07) is 0. The van der Waals surface area contributed by atoms with Crippen molar-refractivity contribution in [2.45, 2.75) is 12.8 Å². The molecule has 2 nitrogen and oxygen atoms in total. The highest BCUT2D eigenvalue weighted by atomic mass is 32.1. The molecule has 0 aliphatic heterocycles. The zero-order valence-corrected chi connectivity index (χ0v) is 7.16. The van der Waals surface area contributed by atoms with E-state index in [1.165, 1.54) is 12.8 Å². The van der Waals surface area contributed by atoms with Gasteiger partial charge in [-0.1, -0.05) is 12.2 Å². The Labute approximate surface area is 67.4 Å². The second-order valence-electron chi connectivity index (χ2n) is 3.11. The zero-order chi connectivity index (χ0) is 7.56. The second-order valence-corrected chi connectivity index (χ2v) is 3.63. The number of hydrogen-bond acceptors (Lipinski definition) is 2. The molecule has 2 N–H and O–H groups in total. The predicted molar refractivity (Wildman–Crippen MR) is 47.0 cm³/mol. The summed E-state index contributed by atoms with van der Waals surface area (Å²) in [5.74, 6) is 0.930. The van der Waals surface area contributed by atoms with Crippen molar-refractivity contribution in [2.24, 2.45) is 11.7 Å². The molecule has 0 amide bonds. The van der Waals surface area contributed by atoms with Crippen molar-refractivity contribution < 1.29 is 0 Å². The van der Waals surface area contributed by atoms with Crippen molar-refractivity contribution in [1.29, 1.82) is 0 Å². The molecule has 0 atom stereocenters. The van der Waals surface area contributed by atoms with E-state index >= 15 is 0 Å². The molecule has 0 spiro atoms. The van der Waals surface area contributed by atoms with Gasteiger partial charge in [-0.2, -0.15) is 0 Å². The fourth-order valence-corrected chi connectivity index (χ4v) is 1.29. The molecule has 0 aromatic carbocycles. The molecule has 0 aromatic heterocycles. The summed E-state index contributed by atoms with van der Waals surface area (Å²) in [6.07, 6.45) is 2.78. The highest BCUT2D eigenvalue weighted by molar-refractivity contribution is 7.80. The zero-order valence-electron chi connectivity index (χ0n) is 6.34. The largest absolute Gasteiger partial charge is 0.392 e. The Kier molecular flexibility index (Phi) is 2.63. The lowest BCUT2D eigenvalue weighted by molar-refractivity contribution is 0.364. The van der Waals surface area contributed by atoms with Crippen molar-refractivity contribution in [3.05, 3.63) is 0 Å². The normalized spacial score (nSPS) is 17.8. The summed E-state index contributed by atoms with van der Waals surface area (Å²) in [7, 11) is 2.07. The molecule has 58 valence electrons. The maximum absolute atomic E-state index is 5.38. The maximum Gasteiger partial charge on any atom is 0.0869 e. The van der Waals surface area contributed by atoms with Crippen molar-refractivity contribution in [1.82, 2.24) is 4.90 Å². The predicted octanol–water partition coefficient (Wildman–Crippen LogP) is 0.614. The van der Waals surface area contributed by atoms with Gasteiger partial charge in [0.15, 0.2) is 0 Å². The van der Waals surface area contributed by atoms with Gasteiger partial charge in [0, 0.05) is 13.1 Å². The number of rotatable bonds is 4. The average Bonchev–Trinajstić information content (AvgIpc) is 2.46. The van der Waals surface area contributed by atoms with E-state index in [-0.39, 0.29) is 0 Å². The first kappa shape index (κ1) is 7.95. The van der Waals surface area contributed by atoms with Crippen LogP contribution >= 0.6 is 12.2 Å². The molecule has 0 heterocycles. The highest BCUT2D eigenvalue weighted by Crippen LogP contribution is 2.29. The number of hydrogen-bond donors (Lipinski definition) is 1. The smallest absolute Gasteiger partial charge is 0.0869 e. The van der Waals surface area contributed by atoms with Crippen LogP contribution < -0.4 is 5.73 Å². The first-order chi connectivity index (χ1) is 4.68. The number of nitrogens with zero attached hydrogens (tertiary/aromatic N) is 1. The lowest BCUT2D eigenvalue weighted by Gasteiger charge is -2.14. The average molecular weight is 158 g/mol. The molecule has 1 saturated carbocycles. The minimum Gasteiger partial charge on any atom is -0.392 e. The second kappa shape index (κ2) is 3.30. The minimum absolute atomic E-state index is 0.600. The van der Waals surface area contributed by atoms with E-state index in [2.05, 4.69) is 11.9 Å². The third-order valence-corrected chi connectivity index (χ3v) is 1.82. The van der Waals surface area contributed by atoms with Crippen LogP contribution in [0.3, 0.4) is 0 Å². The van der Waals surface area contributed by atoms with Crippen LogP contribution in [0.1, 0.15) is 12.8 Å². The molecule has 0 radical (unpaired) electrons. The van der Waals surface area contributed by atoms with Gasteiger partial charge in [-0.15, -0.1) is 0 Å². The lowest BCUT2D eigenvalue weighted by atomic mass is 10.4. The Hall–Kier alpha value is -0.150. The van der Waals surface area contributed by atoms with Gasteiger partial charge in [-0.3, -0.25) is 4.90 Å². The number of likely N-dealkylation sites (N-methyl/N-ethyl adjacent to an activating group) is 1. The van der Waals surface area contributed by atoms with Crippen LogP contribution in [-0.4, -0.2) is 30.0 Å². The van der Waals surface area contributed by atoms with Gasteiger partial charge >= 0.3 is 0 Å². The standard InChI is InChI=1S/C7H14N2S/c1-9(5-7(8)10)4-6-2-3-6/h6H,2-5H2,1H3,(H2,8,10). The van der Waals surface area contributed by atoms with E-state index in [1.807, 2.05) is 0 Å². The molecule has 1 aliphatic carbocycles. The van der Waals surface area contributed by atoms with E-state index < -0.39 is 0 Å². The van der Waals surface area contributed by atoms with E-state index in [4.69, 9.17) is 18.0 Å². The Bertz CT molecular complexity index is 132. The minimum atomic E-state index is 0.600. The van der Waals surface area contributed by atoms with E-state index in [0.29, 0.717) is 4.99 Å². The molecule has 10 heavy (non-hydrogen) atoms. The van der Waals surface area contributed by atoms with Gasteiger partial charge < -0.3 is 5.73 Å². The maximum atomic E-state index is 5.38. The highest BCUT2D eigenvalue weighted by Gasteiger charge is 2.22. The summed E-state index contributed by atoms with van der Waals surface area (Å²) < 4.78 is 0. The molecule has 3 heteroatoms. The Morgan fingerprint density at radius 3 is 2.70 bits per heavy atom. The molecule has 1 aliphatic rings. The first-order valence-electron chi connectivity index (χ1n) is 3.65. The van der Waals surface area contributed by atoms with Crippen LogP contribution in [0.15, 0.2) is 0 Å². The molecule has 0 saturated heterocycles. The summed E-state index contributed by atoms with van der Waals surface area (Å²) in [6.45, 7) is 1.93. The van der Waals surface area contributed by atoms with Crippen molar-refractivity contribution in [2.75, 3.05) is 20.1 Å². The van der Waals surface area contributed by atoms with E-state index in [9.17, 15) is 0 Å².